The van der Waals surface area contributed by atoms with E-state index in [4.69, 9.17) is 9.15 Å². The lowest BCUT2D eigenvalue weighted by molar-refractivity contribution is 0.109. The summed E-state index contributed by atoms with van der Waals surface area (Å²) in [6.07, 6.45) is 5.21. The monoisotopic (exact) mass is 509 g/mol. The summed E-state index contributed by atoms with van der Waals surface area (Å²) in [7, 11) is 1.88. The van der Waals surface area contributed by atoms with E-state index < -0.39 is 6.09 Å². The van der Waals surface area contributed by atoms with Crippen LogP contribution < -0.4 is 10.6 Å². The molecular formula is C28H39N5O4. The summed E-state index contributed by atoms with van der Waals surface area (Å²) >= 11 is 0. The molecule has 9 heteroatoms. The van der Waals surface area contributed by atoms with Crippen molar-refractivity contribution in [3.8, 4) is 11.3 Å². The highest BCUT2D eigenvalue weighted by atomic mass is 16.6. The van der Waals surface area contributed by atoms with E-state index in [1.54, 1.807) is 49.7 Å². The van der Waals surface area contributed by atoms with Crippen LogP contribution in [0.4, 0.5) is 16.2 Å². The molecule has 0 bridgehead atoms. The van der Waals surface area contributed by atoms with Crippen LogP contribution in [0.5, 0.6) is 0 Å². The topological polar surface area (TPSA) is 111 Å². The lowest BCUT2D eigenvalue weighted by Gasteiger charge is -2.09. The zero-order chi connectivity index (χ0) is 28.0. The second-order valence-corrected chi connectivity index (χ2v) is 7.60. The standard InChI is InChI=1S/C18H21N5O2.C6H6O2.2C2H6/c1-11(2)25-18(24)21-14-8-20-17-22-16(10-23(17)9-14)15-7-13(19-4)6-5-12(15)3;1-5-2-3-6(4-7)8-5;2*1-2/h5-11,19H,1-4H3,(H,21,24);2-4H,1H3;2*1-2H3. The predicted molar refractivity (Wildman–Crippen MR) is 149 cm³/mol. The molecule has 0 fully saturated rings. The Bertz CT molecular complexity index is 1260. The molecule has 0 radical (unpaired) electrons. The smallest absolute Gasteiger partial charge is 0.411 e. The molecule has 0 aliphatic heterocycles. The van der Waals surface area contributed by atoms with Gasteiger partial charge in [0.25, 0.3) is 0 Å². The number of hydrogen-bond acceptors (Lipinski definition) is 7. The van der Waals surface area contributed by atoms with Gasteiger partial charge in [-0.15, -0.1) is 0 Å². The molecule has 1 aromatic carbocycles. The number of aldehydes is 1. The van der Waals surface area contributed by atoms with E-state index in [9.17, 15) is 9.59 Å². The number of imidazole rings is 1. The van der Waals surface area contributed by atoms with Crippen LogP contribution in [0.25, 0.3) is 17.0 Å². The maximum absolute atomic E-state index is 11.7. The second-order valence-electron chi connectivity index (χ2n) is 7.60. The number of hydrogen-bond donors (Lipinski definition) is 2. The lowest BCUT2D eigenvalue weighted by atomic mass is 10.1. The number of carbonyl (C=O) groups excluding carboxylic acids is 2. The van der Waals surface area contributed by atoms with Gasteiger partial charge >= 0.3 is 6.09 Å². The normalized spacial score (nSPS) is 9.68. The van der Waals surface area contributed by atoms with Gasteiger partial charge in [-0.1, -0.05) is 33.8 Å². The number of fused-ring (bicyclic) bond motifs is 1. The van der Waals surface area contributed by atoms with Crippen molar-refractivity contribution in [2.75, 3.05) is 17.7 Å². The van der Waals surface area contributed by atoms with Crippen LogP contribution in [0.1, 0.15) is 63.4 Å². The quantitative estimate of drug-likeness (QED) is 0.275. The Labute approximate surface area is 219 Å². The molecule has 0 aliphatic rings. The van der Waals surface area contributed by atoms with Crippen LogP contribution in [0.3, 0.4) is 0 Å². The second kappa shape index (κ2) is 15.8. The number of aromatic nitrogens is 3. The minimum absolute atomic E-state index is 0.182. The van der Waals surface area contributed by atoms with Crippen molar-refractivity contribution < 1.29 is 18.7 Å². The number of ether oxygens (including phenoxy) is 1. The number of benzene rings is 1. The van der Waals surface area contributed by atoms with Crippen LogP contribution in [0.15, 0.2) is 53.3 Å². The molecule has 3 heterocycles. The fraction of sp³-hybridized carbons (Fsp3) is 0.357. The van der Waals surface area contributed by atoms with Crippen LogP contribution in [-0.2, 0) is 4.74 Å². The summed E-state index contributed by atoms with van der Waals surface area (Å²) in [4.78, 5) is 30.5. The van der Waals surface area contributed by atoms with Gasteiger partial charge in [0.1, 0.15) is 5.76 Å². The molecule has 4 rings (SSSR count). The first-order valence-corrected chi connectivity index (χ1v) is 12.4. The van der Waals surface area contributed by atoms with Crippen molar-refractivity contribution in [1.82, 2.24) is 14.4 Å². The van der Waals surface area contributed by atoms with Crippen LogP contribution >= 0.6 is 0 Å². The molecular weight excluding hydrogens is 470 g/mol. The predicted octanol–water partition coefficient (Wildman–Crippen LogP) is 7.16. The molecule has 1 amide bonds. The zero-order valence-corrected chi connectivity index (χ0v) is 23.2. The van der Waals surface area contributed by atoms with Gasteiger partial charge in [0.05, 0.1) is 23.7 Å². The highest BCUT2D eigenvalue weighted by molar-refractivity contribution is 5.84. The maximum Gasteiger partial charge on any atom is 0.411 e. The lowest BCUT2D eigenvalue weighted by Crippen LogP contribution is -2.18. The Morgan fingerprint density at radius 3 is 2.30 bits per heavy atom. The van der Waals surface area contributed by atoms with Gasteiger partial charge in [0, 0.05) is 30.7 Å². The van der Waals surface area contributed by atoms with Crippen LogP contribution in [0.2, 0.25) is 0 Å². The number of carbonyl (C=O) groups is 2. The van der Waals surface area contributed by atoms with Gasteiger partial charge < -0.3 is 14.5 Å². The van der Waals surface area contributed by atoms with Gasteiger partial charge in [-0.2, -0.15) is 0 Å². The third-order valence-electron chi connectivity index (χ3n) is 4.58. The van der Waals surface area contributed by atoms with Gasteiger partial charge in [0.2, 0.25) is 5.78 Å². The van der Waals surface area contributed by atoms with Gasteiger partial charge in [-0.25, -0.2) is 14.8 Å². The molecule has 9 nitrogen and oxygen atoms in total. The summed E-state index contributed by atoms with van der Waals surface area (Å²) in [5.41, 5.74) is 4.54. The highest BCUT2D eigenvalue weighted by Gasteiger charge is 2.11. The molecule has 4 aromatic rings. The Morgan fingerprint density at radius 2 is 1.76 bits per heavy atom. The third kappa shape index (κ3) is 9.44. The number of nitrogens with one attached hydrogen (secondary N) is 2. The third-order valence-corrected chi connectivity index (χ3v) is 4.58. The van der Waals surface area contributed by atoms with Crippen molar-refractivity contribution in [3.63, 3.8) is 0 Å². The Balaban J connectivity index is 0.000000478. The summed E-state index contributed by atoms with van der Waals surface area (Å²) < 4.78 is 11.7. The molecule has 0 spiro atoms. The number of rotatable bonds is 5. The molecule has 2 N–H and O–H groups in total. The summed E-state index contributed by atoms with van der Waals surface area (Å²) in [6, 6.07) is 9.52. The van der Waals surface area contributed by atoms with Gasteiger partial charge in [-0.3, -0.25) is 14.5 Å². The van der Waals surface area contributed by atoms with E-state index in [0.717, 1.165) is 28.3 Å². The average Bonchev–Trinajstić information content (AvgIpc) is 3.52. The molecule has 0 aliphatic carbocycles. The minimum Gasteiger partial charge on any atom is -0.459 e. The molecule has 0 unspecified atom stereocenters. The van der Waals surface area contributed by atoms with E-state index in [2.05, 4.69) is 26.7 Å². The van der Waals surface area contributed by atoms with Crippen molar-refractivity contribution in [2.24, 2.45) is 0 Å². The summed E-state index contributed by atoms with van der Waals surface area (Å²) in [6.45, 7) is 15.4. The molecule has 0 atom stereocenters. The number of anilines is 2. The number of aryl methyl sites for hydroxylation is 2. The van der Waals surface area contributed by atoms with Crippen molar-refractivity contribution in [2.45, 2.75) is 61.5 Å². The van der Waals surface area contributed by atoms with Crippen LogP contribution in [-0.4, -0.2) is 39.9 Å². The van der Waals surface area contributed by atoms with E-state index in [1.807, 2.05) is 60.0 Å². The fourth-order valence-electron chi connectivity index (χ4n) is 3.01. The summed E-state index contributed by atoms with van der Waals surface area (Å²) in [5, 5.41) is 5.79. The highest BCUT2D eigenvalue weighted by Crippen LogP contribution is 2.26. The van der Waals surface area contributed by atoms with Crippen molar-refractivity contribution in [1.29, 1.82) is 0 Å². The first-order valence-electron chi connectivity index (χ1n) is 12.4. The van der Waals surface area contributed by atoms with Gasteiger partial charge in [-0.05, 0) is 57.5 Å². The van der Waals surface area contributed by atoms with Gasteiger partial charge in [0.15, 0.2) is 12.0 Å². The molecule has 200 valence electrons. The number of amides is 1. The Kier molecular flexibility index (Phi) is 13.2. The SMILES string of the molecule is CC.CC.CNc1ccc(C)c(-c2cn3cc(NC(=O)OC(C)C)cnc3n2)c1.Cc1ccc(C=O)o1. The molecule has 0 saturated carbocycles. The number of nitrogens with zero attached hydrogens (tertiary/aromatic N) is 3. The van der Waals surface area contributed by atoms with E-state index in [-0.39, 0.29) is 6.10 Å². The number of furan rings is 1. The van der Waals surface area contributed by atoms with E-state index >= 15 is 0 Å². The first kappa shape index (κ1) is 30.9. The molecule has 37 heavy (non-hydrogen) atoms. The van der Waals surface area contributed by atoms with E-state index in [0.29, 0.717) is 23.5 Å². The fourth-order valence-corrected chi connectivity index (χ4v) is 3.01. The zero-order valence-electron chi connectivity index (χ0n) is 23.2. The Morgan fingerprint density at radius 1 is 1.05 bits per heavy atom. The molecule has 0 saturated heterocycles. The van der Waals surface area contributed by atoms with Crippen LogP contribution in [0, 0.1) is 13.8 Å². The summed E-state index contributed by atoms with van der Waals surface area (Å²) in [5.74, 6) is 1.72. The minimum atomic E-state index is -0.506. The van der Waals surface area contributed by atoms with Crippen molar-refractivity contribution >= 4 is 29.5 Å². The van der Waals surface area contributed by atoms with E-state index in [1.165, 1.54) is 0 Å². The largest absolute Gasteiger partial charge is 0.459 e. The first-order chi connectivity index (χ1) is 17.8. The average molecular weight is 510 g/mol. The molecule has 3 aromatic heterocycles. The maximum atomic E-state index is 11.7. The Hall–Kier alpha value is -4.14. The van der Waals surface area contributed by atoms with Crippen molar-refractivity contribution in [3.05, 3.63) is 66.0 Å².